The highest BCUT2D eigenvalue weighted by Crippen LogP contribution is 2.12. The number of hydrogen-bond acceptors (Lipinski definition) is 4. The molecular formula is C13H21IN6O. The molecule has 0 bridgehead atoms. The van der Waals surface area contributed by atoms with Gasteiger partial charge in [0.15, 0.2) is 5.96 Å². The smallest absolute Gasteiger partial charge is 0.191 e. The lowest BCUT2D eigenvalue weighted by atomic mass is 10.2. The summed E-state index contributed by atoms with van der Waals surface area (Å²) in [6, 6.07) is 2.03. The molecule has 0 atom stereocenters. The quantitative estimate of drug-likeness (QED) is 0.459. The van der Waals surface area contributed by atoms with Gasteiger partial charge in [0.05, 0.1) is 6.54 Å². The molecule has 0 fully saturated rings. The molecule has 0 aromatic carbocycles. The van der Waals surface area contributed by atoms with E-state index in [0.29, 0.717) is 19.0 Å². The maximum atomic E-state index is 5.49. The Balaban J connectivity index is 0.00000220. The molecule has 0 aliphatic rings. The third kappa shape index (κ3) is 4.73. The van der Waals surface area contributed by atoms with Crippen LogP contribution in [-0.2, 0) is 20.1 Å². The zero-order valence-electron chi connectivity index (χ0n) is 12.7. The second-order valence-corrected chi connectivity index (χ2v) is 4.52. The molecule has 0 amide bonds. The van der Waals surface area contributed by atoms with Gasteiger partial charge in [0.2, 0.25) is 0 Å². The van der Waals surface area contributed by atoms with Gasteiger partial charge in [-0.1, -0.05) is 0 Å². The molecule has 0 radical (unpaired) electrons. The SMILES string of the molecule is CN=C(NCc1cc(C)oc1C)NCc1ncnn1C.I. The van der Waals surface area contributed by atoms with E-state index >= 15 is 0 Å². The van der Waals surface area contributed by atoms with E-state index in [-0.39, 0.29) is 24.0 Å². The molecule has 0 unspecified atom stereocenters. The van der Waals surface area contributed by atoms with Gasteiger partial charge in [-0.15, -0.1) is 24.0 Å². The molecule has 2 heterocycles. The molecule has 0 saturated heterocycles. The molecule has 0 saturated carbocycles. The summed E-state index contributed by atoms with van der Waals surface area (Å²) < 4.78 is 7.22. The van der Waals surface area contributed by atoms with Crippen LogP contribution in [0.1, 0.15) is 22.9 Å². The summed E-state index contributed by atoms with van der Waals surface area (Å²) in [6.07, 6.45) is 1.53. The average Bonchev–Trinajstić information content (AvgIpc) is 2.96. The van der Waals surface area contributed by atoms with Gasteiger partial charge in [0.1, 0.15) is 23.7 Å². The number of guanidine groups is 1. The standard InChI is InChI=1S/C13H20N6O.HI/c1-9-5-11(10(2)20-9)6-15-13(14-3)16-7-12-17-8-18-19(12)4;/h5,8H,6-7H2,1-4H3,(H2,14,15,16);1H. The van der Waals surface area contributed by atoms with E-state index in [1.54, 1.807) is 11.7 Å². The lowest BCUT2D eigenvalue weighted by molar-refractivity contribution is 0.500. The number of aryl methyl sites for hydroxylation is 3. The summed E-state index contributed by atoms with van der Waals surface area (Å²) in [5, 5.41) is 10.5. The fraction of sp³-hybridized carbons (Fsp3) is 0.462. The summed E-state index contributed by atoms with van der Waals surface area (Å²) in [7, 11) is 3.59. The summed E-state index contributed by atoms with van der Waals surface area (Å²) in [6.45, 7) is 5.14. The van der Waals surface area contributed by atoms with Crippen molar-refractivity contribution in [2.45, 2.75) is 26.9 Å². The normalized spacial score (nSPS) is 11.1. The van der Waals surface area contributed by atoms with E-state index in [1.165, 1.54) is 6.33 Å². The first-order valence-electron chi connectivity index (χ1n) is 6.43. The topological polar surface area (TPSA) is 80.3 Å². The summed E-state index contributed by atoms with van der Waals surface area (Å²) >= 11 is 0. The first-order valence-corrected chi connectivity index (χ1v) is 6.43. The van der Waals surface area contributed by atoms with Crippen molar-refractivity contribution in [1.82, 2.24) is 25.4 Å². The molecular weight excluding hydrogens is 383 g/mol. The average molecular weight is 404 g/mol. The number of nitrogens with zero attached hydrogens (tertiary/aromatic N) is 4. The predicted molar refractivity (Wildman–Crippen MR) is 91.6 cm³/mol. The highest BCUT2D eigenvalue weighted by molar-refractivity contribution is 14.0. The van der Waals surface area contributed by atoms with Crippen LogP contribution in [0.15, 0.2) is 21.8 Å². The number of aromatic nitrogens is 3. The Labute approximate surface area is 141 Å². The molecule has 21 heavy (non-hydrogen) atoms. The van der Waals surface area contributed by atoms with Gasteiger partial charge in [-0.05, 0) is 19.9 Å². The molecule has 0 aliphatic heterocycles. The molecule has 0 aliphatic carbocycles. The first kappa shape index (κ1) is 17.5. The zero-order chi connectivity index (χ0) is 14.5. The van der Waals surface area contributed by atoms with Crippen molar-refractivity contribution in [3.63, 3.8) is 0 Å². The number of hydrogen-bond donors (Lipinski definition) is 2. The van der Waals surface area contributed by atoms with Gasteiger partial charge < -0.3 is 15.1 Å². The largest absolute Gasteiger partial charge is 0.466 e. The third-order valence-electron chi connectivity index (χ3n) is 3.03. The van der Waals surface area contributed by atoms with Crippen LogP contribution >= 0.6 is 24.0 Å². The Morgan fingerprint density at radius 2 is 2.05 bits per heavy atom. The lowest BCUT2D eigenvalue weighted by Crippen LogP contribution is -2.37. The molecule has 0 spiro atoms. The zero-order valence-corrected chi connectivity index (χ0v) is 15.0. The Morgan fingerprint density at radius 1 is 1.33 bits per heavy atom. The predicted octanol–water partition coefficient (Wildman–Crippen LogP) is 1.51. The van der Waals surface area contributed by atoms with Crippen molar-refractivity contribution in [3.8, 4) is 0 Å². The Kier molecular flexibility index (Phi) is 6.66. The maximum absolute atomic E-state index is 5.49. The van der Waals surface area contributed by atoms with Crippen molar-refractivity contribution in [3.05, 3.63) is 35.3 Å². The minimum Gasteiger partial charge on any atom is -0.466 e. The van der Waals surface area contributed by atoms with Crippen LogP contribution in [0.2, 0.25) is 0 Å². The molecule has 2 rings (SSSR count). The number of aliphatic imine (C=N–C) groups is 1. The number of halogens is 1. The van der Waals surface area contributed by atoms with Crippen molar-refractivity contribution < 1.29 is 4.42 Å². The van der Waals surface area contributed by atoms with Crippen LogP contribution < -0.4 is 10.6 Å². The van der Waals surface area contributed by atoms with Crippen LogP contribution in [0, 0.1) is 13.8 Å². The molecule has 116 valence electrons. The van der Waals surface area contributed by atoms with Gasteiger partial charge in [-0.25, -0.2) is 4.98 Å². The highest BCUT2D eigenvalue weighted by Gasteiger charge is 2.06. The summed E-state index contributed by atoms with van der Waals surface area (Å²) in [4.78, 5) is 8.32. The monoisotopic (exact) mass is 404 g/mol. The van der Waals surface area contributed by atoms with Crippen LogP contribution in [-0.4, -0.2) is 27.8 Å². The van der Waals surface area contributed by atoms with E-state index in [2.05, 4.69) is 25.7 Å². The Hall–Kier alpha value is -1.58. The third-order valence-corrected chi connectivity index (χ3v) is 3.03. The molecule has 2 N–H and O–H groups in total. The van der Waals surface area contributed by atoms with E-state index in [9.17, 15) is 0 Å². The van der Waals surface area contributed by atoms with Crippen LogP contribution in [0.25, 0.3) is 0 Å². The van der Waals surface area contributed by atoms with E-state index < -0.39 is 0 Å². The van der Waals surface area contributed by atoms with Gasteiger partial charge in [-0.2, -0.15) is 5.10 Å². The molecule has 8 heteroatoms. The van der Waals surface area contributed by atoms with E-state index in [4.69, 9.17) is 4.42 Å². The Bertz CT molecular complexity index is 604. The summed E-state index contributed by atoms with van der Waals surface area (Å²) in [5.41, 5.74) is 1.13. The van der Waals surface area contributed by atoms with Gasteiger partial charge >= 0.3 is 0 Å². The molecule has 7 nitrogen and oxygen atoms in total. The van der Waals surface area contributed by atoms with E-state index in [1.807, 2.05) is 27.0 Å². The Morgan fingerprint density at radius 3 is 2.57 bits per heavy atom. The minimum atomic E-state index is 0. The maximum Gasteiger partial charge on any atom is 0.191 e. The van der Waals surface area contributed by atoms with Crippen LogP contribution in [0.3, 0.4) is 0 Å². The van der Waals surface area contributed by atoms with Gasteiger partial charge in [0, 0.05) is 26.2 Å². The van der Waals surface area contributed by atoms with Crippen molar-refractivity contribution in [1.29, 1.82) is 0 Å². The fourth-order valence-corrected chi connectivity index (χ4v) is 1.90. The van der Waals surface area contributed by atoms with Crippen LogP contribution in [0.4, 0.5) is 0 Å². The van der Waals surface area contributed by atoms with Crippen molar-refractivity contribution in [2.24, 2.45) is 12.0 Å². The molecule has 2 aromatic heterocycles. The fourth-order valence-electron chi connectivity index (χ4n) is 1.90. The van der Waals surface area contributed by atoms with Gasteiger partial charge in [0.25, 0.3) is 0 Å². The lowest BCUT2D eigenvalue weighted by Gasteiger charge is -2.11. The number of nitrogens with one attached hydrogen (secondary N) is 2. The van der Waals surface area contributed by atoms with Gasteiger partial charge in [-0.3, -0.25) is 9.67 Å². The first-order chi connectivity index (χ1) is 9.60. The second-order valence-electron chi connectivity index (χ2n) is 4.52. The number of furan rings is 1. The number of rotatable bonds is 4. The van der Waals surface area contributed by atoms with Crippen molar-refractivity contribution >= 4 is 29.9 Å². The minimum absolute atomic E-state index is 0. The molecule has 2 aromatic rings. The summed E-state index contributed by atoms with van der Waals surface area (Å²) in [5.74, 6) is 3.41. The van der Waals surface area contributed by atoms with E-state index in [0.717, 1.165) is 22.9 Å². The van der Waals surface area contributed by atoms with Crippen LogP contribution in [0.5, 0.6) is 0 Å². The van der Waals surface area contributed by atoms with Crippen molar-refractivity contribution in [2.75, 3.05) is 7.05 Å². The highest BCUT2D eigenvalue weighted by atomic mass is 127. The second kappa shape index (κ2) is 8.01.